The minimum Gasteiger partial charge on any atom is -0.451 e. The van der Waals surface area contributed by atoms with Crippen LogP contribution in [-0.4, -0.2) is 25.1 Å². The molecule has 0 amide bonds. The molecule has 0 radical (unpaired) electrons. The van der Waals surface area contributed by atoms with Crippen molar-refractivity contribution >= 4 is 11.9 Å². The van der Waals surface area contributed by atoms with Crippen LogP contribution in [0.25, 0.3) is 0 Å². The van der Waals surface area contributed by atoms with Gasteiger partial charge in [-0.3, -0.25) is 4.79 Å². The third kappa shape index (κ3) is 4.32. The van der Waals surface area contributed by atoms with E-state index in [9.17, 15) is 9.59 Å². The van der Waals surface area contributed by atoms with Crippen LogP contribution in [-0.2, 0) is 19.2 Å². The summed E-state index contributed by atoms with van der Waals surface area (Å²) in [4.78, 5) is 25.4. The molecule has 5 nitrogen and oxygen atoms in total. The molecule has 1 N–H and O–H groups in total. The second kappa shape index (κ2) is 4.68. The maximum Gasteiger partial charge on any atom is 0.365 e. The molecule has 0 saturated heterocycles. The molecule has 0 aliphatic carbocycles. The van der Waals surface area contributed by atoms with Crippen molar-refractivity contribution in [1.29, 1.82) is 0 Å². The number of ether oxygens (including phenoxy) is 1. The van der Waals surface area contributed by atoms with Crippen molar-refractivity contribution in [3.05, 3.63) is 0 Å². The molecular weight excluding hydrogens is 150 g/mol. The molecule has 0 saturated carbocycles. The maximum atomic E-state index is 10.7. The van der Waals surface area contributed by atoms with Gasteiger partial charge in [-0.05, 0) is 6.92 Å². The third-order valence-electron chi connectivity index (χ3n) is 0.877. The van der Waals surface area contributed by atoms with E-state index in [4.69, 9.17) is 0 Å². The molecular formula is C6H11NO4. The van der Waals surface area contributed by atoms with Crippen LogP contribution in [0.1, 0.15) is 13.8 Å². The number of esters is 1. The first-order chi connectivity index (χ1) is 5.07. The number of rotatable bonds is 3. The van der Waals surface area contributed by atoms with Crippen LogP contribution in [0.4, 0.5) is 0 Å². The van der Waals surface area contributed by atoms with E-state index in [2.05, 4.69) is 15.1 Å². The highest BCUT2D eigenvalue weighted by atomic mass is 16.7. The highest BCUT2D eigenvalue weighted by Crippen LogP contribution is 1.92. The lowest BCUT2D eigenvalue weighted by Crippen LogP contribution is -2.28. The van der Waals surface area contributed by atoms with Crippen LogP contribution in [0.3, 0.4) is 0 Å². The molecule has 0 aromatic rings. The van der Waals surface area contributed by atoms with Gasteiger partial charge in [0.2, 0.25) is 0 Å². The topological polar surface area (TPSA) is 64.6 Å². The molecule has 0 aromatic carbocycles. The first-order valence-electron chi connectivity index (χ1n) is 3.12. The molecule has 0 spiro atoms. The summed E-state index contributed by atoms with van der Waals surface area (Å²) < 4.78 is 4.51. The fourth-order valence-corrected chi connectivity index (χ4v) is 0.481. The fraction of sp³-hybridized carbons (Fsp3) is 0.667. The van der Waals surface area contributed by atoms with Gasteiger partial charge in [0, 0.05) is 14.0 Å². The van der Waals surface area contributed by atoms with Crippen LogP contribution in [0.15, 0.2) is 0 Å². The molecule has 0 rings (SSSR count). The van der Waals surface area contributed by atoms with E-state index < -0.39 is 18.0 Å². The van der Waals surface area contributed by atoms with Gasteiger partial charge in [-0.1, -0.05) is 0 Å². The molecule has 0 aromatic heterocycles. The van der Waals surface area contributed by atoms with Crippen molar-refractivity contribution in [2.24, 2.45) is 0 Å². The SMILES string of the molecule is CNOC(=O)C(C)OC(C)=O. The predicted octanol–water partition coefficient (Wildman–Crippen LogP) is -0.384. The van der Waals surface area contributed by atoms with Gasteiger partial charge in [0.15, 0.2) is 6.10 Å². The average Bonchev–Trinajstić information content (AvgIpc) is 1.86. The Bertz CT molecular complexity index is 157. The molecule has 5 heteroatoms. The van der Waals surface area contributed by atoms with Gasteiger partial charge < -0.3 is 9.57 Å². The van der Waals surface area contributed by atoms with E-state index in [0.717, 1.165) is 0 Å². The smallest absolute Gasteiger partial charge is 0.365 e. The summed E-state index contributed by atoms with van der Waals surface area (Å²) >= 11 is 0. The Morgan fingerprint density at radius 2 is 2.00 bits per heavy atom. The van der Waals surface area contributed by atoms with Gasteiger partial charge in [0.1, 0.15) is 0 Å². The zero-order valence-electron chi connectivity index (χ0n) is 6.71. The Hall–Kier alpha value is -1.10. The lowest BCUT2D eigenvalue weighted by Gasteiger charge is -2.08. The van der Waals surface area contributed by atoms with E-state index in [0.29, 0.717) is 0 Å². The highest BCUT2D eigenvalue weighted by molar-refractivity contribution is 5.77. The molecule has 0 fully saturated rings. The zero-order valence-corrected chi connectivity index (χ0v) is 6.71. The quantitative estimate of drug-likeness (QED) is 0.451. The largest absolute Gasteiger partial charge is 0.451 e. The van der Waals surface area contributed by atoms with Gasteiger partial charge in [0.05, 0.1) is 0 Å². The number of nitrogens with one attached hydrogen (secondary N) is 1. The Morgan fingerprint density at radius 3 is 2.36 bits per heavy atom. The Balaban J connectivity index is 3.73. The lowest BCUT2D eigenvalue weighted by atomic mass is 10.4. The van der Waals surface area contributed by atoms with E-state index in [1.807, 2.05) is 0 Å². The maximum absolute atomic E-state index is 10.7. The standard InChI is InChI=1S/C6H11NO4/c1-4(10-5(2)8)6(9)11-7-3/h4,7H,1-3H3. The van der Waals surface area contributed by atoms with E-state index >= 15 is 0 Å². The molecule has 0 aliphatic rings. The molecule has 11 heavy (non-hydrogen) atoms. The molecule has 1 unspecified atom stereocenters. The Labute approximate surface area is 64.6 Å². The fourth-order valence-electron chi connectivity index (χ4n) is 0.481. The van der Waals surface area contributed by atoms with Crippen molar-refractivity contribution < 1.29 is 19.2 Å². The van der Waals surface area contributed by atoms with Gasteiger partial charge in [-0.25, -0.2) is 4.79 Å². The van der Waals surface area contributed by atoms with Crippen molar-refractivity contribution in [1.82, 2.24) is 5.48 Å². The van der Waals surface area contributed by atoms with Crippen molar-refractivity contribution in [3.63, 3.8) is 0 Å². The molecule has 1 atom stereocenters. The highest BCUT2D eigenvalue weighted by Gasteiger charge is 2.16. The van der Waals surface area contributed by atoms with Gasteiger partial charge in [0.25, 0.3) is 0 Å². The van der Waals surface area contributed by atoms with Gasteiger partial charge >= 0.3 is 11.9 Å². The summed E-state index contributed by atoms with van der Waals surface area (Å²) in [5.41, 5.74) is 2.18. The van der Waals surface area contributed by atoms with Crippen LogP contribution < -0.4 is 5.48 Å². The van der Waals surface area contributed by atoms with E-state index in [-0.39, 0.29) is 0 Å². The van der Waals surface area contributed by atoms with Crippen LogP contribution in [0, 0.1) is 0 Å². The van der Waals surface area contributed by atoms with Crippen LogP contribution >= 0.6 is 0 Å². The van der Waals surface area contributed by atoms with E-state index in [1.165, 1.54) is 20.9 Å². The monoisotopic (exact) mass is 161 g/mol. The van der Waals surface area contributed by atoms with Crippen molar-refractivity contribution in [2.75, 3.05) is 7.05 Å². The molecule has 0 bridgehead atoms. The molecule has 64 valence electrons. The molecule has 0 heterocycles. The second-order valence-electron chi connectivity index (χ2n) is 1.88. The third-order valence-corrected chi connectivity index (χ3v) is 0.877. The lowest BCUT2D eigenvalue weighted by molar-refractivity contribution is -0.169. The first kappa shape index (κ1) is 9.90. The minimum atomic E-state index is -0.861. The first-order valence-corrected chi connectivity index (χ1v) is 3.12. The van der Waals surface area contributed by atoms with Crippen molar-refractivity contribution in [3.8, 4) is 0 Å². The Morgan fingerprint density at radius 1 is 1.45 bits per heavy atom. The molecule has 0 aliphatic heterocycles. The summed E-state index contributed by atoms with van der Waals surface area (Å²) in [5, 5.41) is 0. The van der Waals surface area contributed by atoms with E-state index in [1.54, 1.807) is 0 Å². The minimum absolute atomic E-state index is 0.509. The zero-order chi connectivity index (χ0) is 8.85. The number of carbonyl (C=O) groups is 2. The van der Waals surface area contributed by atoms with Crippen molar-refractivity contribution in [2.45, 2.75) is 20.0 Å². The summed E-state index contributed by atoms with van der Waals surface area (Å²) in [6.07, 6.45) is -0.861. The summed E-state index contributed by atoms with van der Waals surface area (Å²) in [5.74, 6) is -1.13. The summed E-state index contributed by atoms with van der Waals surface area (Å²) in [6, 6.07) is 0. The number of hydroxylamine groups is 1. The average molecular weight is 161 g/mol. The number of carbonyl (C=O) groups excluding carboxylic acids is 2. The summed E-state index contributed by atoms with van der Waals surface area (Å²) in [7, 11) is 1.44. The normalized spacial score (nSPS) is 11.9. The Kier molecular flexibility index (Phi) is 4.21. The second-order valence-corrected chi connectivity index (χ2v) is 1.88. The van der Waals surface area contributed by atoms with Crippen LogP contribution in [0.2, 0.25) is 0 Å². The van der Waals surface area contributed by atoms with Gasteiger partial charge in [-0.2, -0.15) is 5.48 Å². The summed E-state index contributed by atoms with van der Waals surface area (Å²) in [6.45, 7) is 2.66. The predicted molar refractivity (Wildman–Crippen MR) is 36.4 cm³/mol. The van der Waals surface area contributed by atoms with Crippen LogP contribution in [0.5, 0.6) is 0 Å². The number of hydrogen-bond donors (Lipinski definition) is 1. The number of hydrogen-bond acceptors (Lipinski definition) is 5. The van der Waals surface area contributed by atoms with Gasteiger partial charge in [-0.15, -0.1) is 0 Å².